The molecule has 0 aromatic carbocycles. The summed E-state index contributed by atoms with van der Waals surface area (Å²) < 4.78 is 0. The SMILES string of the molecule is C/C=C1/CCCCC1CC(C)O. The summed E-state index contributed by atoms with van der Waals surface area (Å²) in [6.07, 6.45) is 8.29. The molecule has 1 saturated carbocycles. The van der Waals surface area contributed by atoms with Crippen LogP contribution in [0.2, 0.25) is 0 Å². The monoisotopic (exact) mass is 168 g/mol. The van der Waals surface area contributed by atoms with Gasteiger partial charge in [0.2, 0.25) is 0 Å². The highest BCUT2D eigenvalue weighted by molar-refractivity contribution is 5.08. The third kappa shape index (κ3) is 2.63. The Morgan fingerprint density at radius 1 is 1.58 bits per heavy atom. The van der Waals surface area contributed by atoms with Crippen molar-refractivity contribution in [3.05, 3.63) is 11.6 Å². The van der Waals surface area contributed by atoms with E-state index in [1.807, 2.05) is 6.92 Å². The Morgan fingerprint density at radius 2 is 2.33 bits per heavy atom. The molecule has 0 spiro atoms. The maximum atomic E-state index is 9.29. The van der Waals surface area contributed by atoms with E-state index in [4.69, 9.17) is 0 Å². The van der Waals surface area contributed by atoms with Gasteiger partial charge in [-0.15, -0.1) is 0 Å². The minimum absolute atomic E-state index is 0.136. The summed E-state index contributed by atoms with van der Waals surface area (Å²) in [5.74, 6) is 0.670. The molecule has 0 saturated heterocycles. The van der Waals surface area contributed by atoms with Gasteiger partial charge < -0.3 is 5.11 Å². The summed E-state index contributed by atoms with van der Waals surface area (Å²) in [6, 6.07) is 0. The average Bonchev–Trinajstić information content (AvgIpc) is 2.04. The number of hydrogen-bond donors (Lipinski definition) is 1. The molecule has 0 aromatic rings. The molecule has 1 fully saturated rings. The summed E-state index contributed by atoms with van der Waals surface area (Å²) >= 11 is 0. The molecule has 2 atom stereocenters. The van der Waals surface area contributed by atoms with Gasteiger partial charge in [0.15, 0.2) is 0 Å². The van der Waals surface area contributed by atoms with Crippen LogP contribution in [0.15, 0.2) is 11.6 Å². The zero-order chi connectivity index (χ0) is 8.97. The maximum absolute atomic E-state index is 9.29. The van der Waals surface area contributed by atoms with Gasteiger partial charge in [-0.2, -0.15) is 0 Å². The van der Waals surface area contributed by atoms with E-state index in [2.05, 4.69) is 13.0 Å². The standard InChI is InChI=1S/C11H20O/c1-3-10-6-4-5-7-11(10)8-9(2)12/h3,9,11-12H,4-8H2,1-2H3/b10-3-. The van der Waals surface area contributed by atoms with Gasteiger partial charge in [-0.1, -0.05) is 18.1 Å². The highest BCUT2D eigenvalue weighted by atomic mass is 16.3. The quantitative estimate of drug-likeness (QED) is 0.629. The van der Waals surface area contributed by atoms with Crippen LogP contribution in [0.4, 0.5) is 0 Å². The van der Waals surface area contributed by atoms with Crippen molar-refractivity contribution in [2.75, 3.05) is 0 Å². The number of hydrogen-bond acceptors (Lipinski definition) is 1. The van der Waals surface area contributed by atoms with E-state index in [-0.39, 0.29) is 6.10 Å². The third-order valence-corrected chi connectivity index (χ3v) is 2.79. The topological polar surface area (TPSA) is 20.2 Å². The highest BCUT2D eigenvalue weighted by Gasteiger charge is 2.19. The largest absolute Gasteiger partial charge is 0.393 e. The maximum Gasteiger partial charge on any atom is 0.0517 e. The fourth-order valence-electron chi connectivity index (χ4n) is 2.17. The van der Waals surface area contributed by atoms with Crippen molar-refractivity contribution in [3.8, 4) is 0 Å². The van der Waals surface area contributed by atoms with Crippen LogP contribution in [0, 0.1) is 5.92 Å². The first-order valence-corrected chi connectivity index (χ1v) is 5.07. The number of allylic oxidation sites excluding steroid dienone is 2. The Bertz CT molecular complexity index is 158. The Balaban J connectivity index is 2.48. The van der Waals surface area contributed by atoms with Crippen molar-refractivity contribution < 1.29 is 5.11 Å². The molecule has 1 rings (SSSR count). The second-order valence-corrected chi connectivity index (χ2v) is 3.89. The average molecular weight is 168 g/mol. The molecule has 1 heteroatoms. The van der Waals surface area contributed by atoms with Crippen LogP contribution in [0.25, 0.3) is 0 Å². The second kappa shape index (κ2) is 4.66. The van der Waals surface area contributed by atoms with Gasteiger partial charge in [0, 0.05) is 0 Å². The highest BCUT2D eigenvalue weighted by Crippen LogP contribution is 2.32. The summed E-state index contributed by atoms with van der Waals surface area (Å²) in [5, 5.41) is 9.29. The fraction of sp³-hybridized carbons (Fsp3) is 0.818. The molecule has 0 aliphatic heterocycles. The second-order valence-electron chi connectivity index (χ2n) is 3.89. The van der Waals surface area contributed by atoms with Crippen molar-refractivity contribution in [1.29, 1.82) is 0 Å². The first-order chi connectivity index (χ1) is 5.74. The smallest absolute Gasteiger partial charge is 0.0517 e. The van der Waals surface area contributed by atoms with Gasteiger partial charge in [0.25, 0.3) is 0 Å². The van der Waals surface area contributed by atoms with Crippen molar-refractivity contribution in [2.24, 2.45) is 5.92 Å². The third-order valence-electron chi connectivity index (χ3n) is 2.79. The van der Waals surface area contributed by atoms with Gasteiger partial charge in [0.05, 0.1) is 6.10 Å². The number of aliphatic hydroxyl groups excluding tert-OH is 1. The molecule has 1 nitrogen and oxygen atoms in total. The molecule has 0 radical (unpaired) electrons. The first-order valence-electron chi connectivity index (χ1n) is 5.07. The Kier molecular flexibility index (Phi) is 3.80. The fourth-order valence-corrected chi connectivity index (χ4v) is 2.17. The molecule has 70 valence electrons. The van der Waals surface area contributed by atoms with Gasteiger partial charge in [0.1, 0.15) is 0 Å². The summed E-state index contributed by atoms with van der Waals surface area (Å²) in [6.45, 7) is 4.01. The molecule has 2 unspecified atom stereocenters. The molecule has 1 N–H and O–H groups in total. The van der Waals surface area contributed by atoms with Crippen LogP contribution < -0.4 is 0 Å². The Morgan fingerprint density at radius 3 is 2.92 bits per heavy atom. The molecule has 1 aliphatic carbocycles. The van der Waals surface area contributed by atoms with E-state index in [1.54, 1.807) is 5.57 Å². The number of aliphatic hydroxyl groups is 1. The van der Waals surface area contributed by atoms with Crippen LogP contribution >= 0.6 is 0 Å². The van der Waals surface area contributed by atoms with E-state index >= 15 is 0 Å². The van der Waals surface area contributed by atoms with Gasteiger partial charge in [-0.25, -0.2) is 0 Å². The summed E-state index contributed by atoms with van der Waals surface area (Å²) in [7, 11) is 0. The number of rotatable bonds is 2. The molecule has 0 bridgehead atoms. The lowest BCUT2D eigenvalue weighted by Gasteiger charge is -2.26. The van der Waals surface area contributed by atoms with Crippen LogP contribution in [-0.2, 0) is 0 Å². The van der Waals surface area contributed by atoms with Crippen LogP contribution in [0.5, 0.6) is 0 Å². The molecule has 0 heterocycles. The van der Waals surface area contributed by atoms with Crippen molar-refractivity contribution in [1.82, 2.24) is 0 Å². The predicted molar refractivity (Wildman–Crippen MR) is 52.0 cm³/mol. The van der Waals surface area contributed by atoms with E-state index in [0.717, 1.165) is 6.42 Å². The van der Waals surface area contributed by atoms with Crippen LogP contribution in [0.1, 0.15) is 46.0 Å². The summed E-state index contributed by atoms with van der Waals surface area (Å²) in [4.78, 5) is 0. The van der Waals surface area contributed by atoms with Gasteiger partial charge in [-0.05, 0) is 45.4 Å². The van der Waals surface area contributed by atoms with Crippen LogP contribution in [-0.4, -0.2) is 11.2 Å². The normalized spacial score (nSPS) is 30.6. The summed E-state index contributed by atoms with van der Waals surface area (Å²) in [5.41, 5.74) is 1.57. The lowest BCUT2D eigenvalue weighted by atomic mass is 9.81. The Labute approximate surface area is 75.5 Å². The Hall–Kier alpha value is -0.300. The van der Waals surface area contributed by atoms with E-state index in [9.17, 15) is 5.11 Å². The van der Waals surface area contributed by atoms with Crippen molar-refractivity contribution in [2.45, 2.75) is 52.1 Å². The van der Waals surface area contributed by atoms with E-state index in [1.165, 1.54) is 25.7 Å². The lowest BCUT2D eigenvalue weighted by molar-refractivity contribution is 0.160. The molecular weight excluding hydrogens is 148 g/mol. The molecular formula is C11H20O. The zero-order valence-corrected chi connectivity index (χ0v) is 8.21. The predicted octanol–water partition coefficient (Wildman–Crippen LogP) is 2.89. The molecule has 12 heavy (non-hydrogen) atoms. The first kappa shape index (κ1) is 9.79. The van der Waals surface area contributed by atoms with Gasteiger partial charge >= 0.3 is 0 Å². The molecule has 1 aliphatic rings. The van der Waals surface area contributed by atoms with Gasteiger partial charge in [-0.3, -0.25) is 0 Å². The lowest BCUT2D eigenvalue weighted by Crippen LogP contribution is -2.15. The van der Waals surface area contributed by atoms with E-state index in [0.29, 0.717) is 5.92 Å². The van der Waals surface area contributed by atoms with Crippen molar-refractivity contribution in [3.63, 3.8) is 0 Å². The zero-order valence-electron chi connectivity index (χ0n) is 8.21. The minimum Gasteiger partial charge on any atom is -0.393 e. The molecule has 0 aromatic heterocycles. The van der Waals surface area contributed by atoms with E-state index < -0.39 is 0 Å². The van der Waals surface area contributed by atoms with Crippen LogP contribution in [0.3, 0.4) is 0 Å². The minimum atomic E-state index is -0.136. The van der Waals surface area contributed by atoms with Crippen molar-refractivity contribution >= 4 is 0 Å². The molecule has 0 amide bonds.